The first-order chi connectivity index (χ1) is 7.68. The van der Waals surface area contributed by atoms with Gasteiger partial charge in [0.15, 0.2) is 0 Å². The highest BCUT2D eigenvalue weighted by Crippen LogP contribution is 2.35. The van der Waals surface area contributed by atoms with Crippen LogP contribution < -0.4 is 4.90 Å². The van der Waals surface area contributed by atoms with Crippen LogP contribution in [0.25, 0.3) is 0 Å². The lowest BCUT2D eigenvalue weighted by Gasteiger charge is -2.31. The molecule has 0 spiro atoms. The SMILES string of the molecule is CN1CC2CC1C(=O)N2c1ccccc1F. The van der Waals surface area contributed by atoms with Gasteiger partial charge in [0.25, 0.3) is 0 Å². The average molecular weight is 220 g/mol. The summed E-state index contributed by atoms with van der Waals surface area (Å²) in [6.07, 6.45) is 0.823. The quantitative estimate of drug-likeness (QED) is 0.711. The van der Waals surface area contributed by atoms with Crippen LogP contribution in [0.5, 0.6) is 0 Å². The van der Waals surface area contributed by atoms with E-state index in [2.05, 4.69) is 0 Å². The van der Waals surface area contributed by atoms with E-state index in [0.717, 1.165) is 13.0 Å². The number of anilines is 1. The number of fused-ring (bicyclic) bond motifs is 2. The molecule has 2 aliphatic rings. The Labute approximate surface area is 93.5 Å². The normalized spacial score (nSPS) is 29.1. The van der Waals surface area contributed by atoms with Crippen molar-refractivity contribution in [3.63, 3.8) is 0 Å². The lowest BCUT2D eigenvalue weighted by atomic mass is 10.2. The first-order valence-electron chi connectivity index (χ1n) is 5.46. The van der Waals surface area contributed by atoms with E-state index in [-0.39, 0.29) is 23.8 Å². The van der Waals surface area contributed by atoms with Crippen molar-refractivity contribution in [2.45, 2.75) is 18.5 Å². The zero-order valence-corrected chi connectivity index (χ0v) is 9.06. The van der Waals surface area contributed by atoms with Crippen LogP contribution in [0.1, 0.15) is 6.42 Å². The fraction of sp³-hybridized carbons (Fsp3) is 0.417. The summed E-state index contributed by atoms with van der Waals surface area (Å²) in [7, 11) is 1.95. The molecule has 84 valence electrons. The molecule has 0 aromatic heterocycles. The van der Waals surface area contributed by atoms with Crippen molar-refractivity contribution >= 4 is 11.6 Å². The van der Waals surface area contributed by atoms with Gasteiger partial charge in [0, 0.05) is 6.54 Å². The number of piperazine rings is 1. The van der Waals surface area contributed by atoms with E-state index < -0.39 is 0 Å². The standard InChI is InChI=1S/C12H13FN2O/c1-14-7-8-6-11(14)12(16)15(8)10-5-3-2-4-9(10)13/h2-5,8,11H,6-7H2,1H3. The molecule has 3 nitrogen and oxygen atoms in total. The maximum Gasteiger partial charge on any atom is 0.244 e. The minimum absolute atomic E-state index is 0.0313. The van der Waals surface area contributed by atoms with Gasteiger partial charge < -0.3 is 4.90 Å². The molecule has 2 atom stereocenters. The molecule has 1 amide bonds. The van der Waals surface area contributed by atoms with Crippen LogP contribution in [-0.4, -0.2) is 36.5 Å². The number of likely N-dealkylation sites (N-methyl/N-ethyl adjacent to an activating group) is 1. The molecule has 1 aromatic rings. The Morgan fingerprint density at radius 2 is 2.12 bits per heavy atom. The van der Waals surface area contributed by atoms with Crippen LogP contribution in [0.2, 0.25) is 0 Å². The number of likely N-dealkylation sites (tertiary alicyclic amines) is 1. The minimum Gasteiger partial charge on any atom is -0.304 e. The summed E-state index contributed by atoms with van der Waals surface area (Å²) in [5.41, 5.74) is 0.424. The third kappa shape index (κ3) is 1.19. The van der Waals surface area contributed by atoms with Gasteiger partial charge in [-0.1, -0.05) is 12.1 Å². The fourth-order valence-corrected chi connectivity index (χ4v) is 2.75. The molecule has 2 bridgehead atoms. The molecule has 0 saturated carbocycles. The zero-order valence-electron chi connectivity index (χ0n) is 9.06. The van der Waals surface area contributed by atoms with Crippen molar-refractivity contribution in [3.8, 4) is 0 Å². The van der Waals surface area contributed by atoms with Gasteiger partial charge in [0.05, 0.1) is 17.8 Å². The van der Waals surface area contributed by atoms with Crippen LogP contribution in [-0.2, 0) is 4.79 Å². The molecule has 2 unspecified atom stereocenters. The molecular formula is C12H13FN2O. The third-order valence-corrected chi connectivity index (χ3v) is 3.53. The molecule has 3 rings (SSSR count). The molecule has 2 fully saturated rings. The van der Waals surface area contributed by atoms with E-state index in [4.69, 9.17) is 0 Å². The fourth-order valence-electron chi connectivity index (χ4n) is 2.75. The highest BCUT2D eigenvalue weighted by molar-refractivity contribution is 6.01. The summed E-state index contributed by atoms with van der Waals surface area (Å²) in [6.45, 7) is 0.838. The second-order valence-electron chi connectivity index (χ2n) is 4.50. The van der Waals surface area contributed by atoms with E-state index in [9.17, 15) is 9.18 Å². The number of nitrogens with zero attached hydrogens (tertiary/aromatic N) is 2. The number of rotatable bonds is 1. The summed E-state index contributed by atoms with van der Waals surface area (Å²) >= 11 is 0. The minimum atomic E-state index is -0.314. The Morgan fingerprint density at radius 1 is 1.38 bits per heavy atom. The maximum absolute atomic E-state index is 13.6. The molecule has 2 heterocycles. The number of carbonyl (C=O) groups is 1. The van der Waals surface area contributed by atoms with E-state index in [1.807, 2.05) is 11.9 Å². The Balaban J connectivity index is 1.99. The molecule has 0 aliphatic carbocycles. The van der Waals surface area contributed by atoms with E-state index in [0.29, 0.717) is 5.69 Å². The summed E-state index contributed by atoms with van der Waals surface area (Å²) < 4.78 is 13.6. The van der Waals surface area contributed by atoms with Gasteiger partial charge in [-0.25, -0.2) is 4.39 Å². The van der Waals surface area contributed by atoms with Gasteiger partial charge in [0.1, 0.15) is 5.82 Å². The number of benzene rings is 1. The highest BCUT2D eigenvalue weighted by atomic mass is 19.1. The zero-order chi connectivity index (χ0) is 11.3. The van der Waals surface area contributed by atoms with Gasteiger partial charge >= 0.3 is 0 Å². The summed E-state index contributed by atoms with van der Waals surface area (Å²) in [6, 6.07) is 6.57. The second-order valence-corrected chi connectivity index (χ2v) is 4.50. The Morgan fingerprint density at radius 3 is 2.75 bits per heavy atom. The van der Waals surface area contributed by atoms with Gasteiger partial charge in [0.2, 0.25) is 5.91 Å². The predicted octanol–water partition coefficient (Wildman–Crippen LogP) is 1.24. The molecule has 2 saturated heterocycles. The third-order valence-electron chi connectivity index (χ3n) is 3.53. The smallest absolute Gasteiger partial charge is 0.244 e. The first-order valence-corrected chi connectivity index (χ1v) is 5.46. The Hall–Kier alpha value is -1.42. The second kappa shape index (κ2) is 3.28. The summed E-state index contributed by atoms with van der Waals surface area (Å²) in [4.78, 5) is 15.7. The van der Waals surface area contributed by atoms with E-state index in [1.54, 1.807) is 23.1 Å². The molecule has 1 aromatic carbocycles. The first kappa shape index (κ1) is 9.78. The van der Waals surface area contributed by atoms with Gasteiger partial charge in [-0.3, -0.25) is 9.69 Å². The molecule has 0 N–H and O–H groups in total. The monoisotopic (exact) mass is 220 g/mol. The molecular weight excluding hydrogens is 207 g/mol. The van der Waals surface area contributed by atoms with Crippen LogP contribution in [0.3, 0.4) is 0 Å². The van der Waals surface area contributed by atoms with Gasteiger partial charge in [-0.15, -0.1) is 0 Å². The number of hydrogen-bond acceptors (Lipinski definition) is 2. The highest BCUT2D eigenvalue weighted by Gasteiger charge is 2.49. The number of carbonyl (C=O) groups excluding carboxylic acids is 1. The molecule has 2 aliphatic heterocycles. The van der Waals surface area contributed by atoms with Crippen LogP contribution in [0, 0.1) is 5.82 Å². The summed E-state index contributed by atoms with van der Waals surface area (Å²) in [5, 5.41) is 0. The van der Waals surface area contributed by atoms with E-state index >= 15 is 0 Å². The molecule has 0 radical (unpaired) electrons. The van der Waals surface area contributed by atoms with Crippen LogP contribution in [0.15, 0.2) is 24.3 Å². The van der Waals surface area contributed by atoms with Gasteiger partial charge in [-0.2, -0.15) is 0 Å². The van der Waals surface area contributed by atoms with Gasteiger partial charge in [-0.05, 0) is 25.6 Å². The lowest BCUT2D eigenvalue weighted by molar-refractivity contribution is -0.122. The molecule has 16 heavy (non-hydrogen) atoms. The number of hydrogen-bond donors (Lipinski definition) is 0. The average Bonchev–Trinajstić information content (AvgIpc) is 2.76. The topological polar surface area (TPSA) is 23.6 Å². The van der Waals surface area contributed by atoms with Crippen molar-refractivity contribution in [2.24, 2.45) is 0 Å². The number of amides is 1. The van der Waals surface area contributed by atoms with E-state index in [1.165, 1.54) is 6.07 Å². The Bertz CT molecular complexity index is 448. The van der Waals surface area contributed by atoms with Crippen molar-refractivity contribution in [3.05, 3.63) is 30.1 Å². The largest absolute Gasteiger partial charge is 0.304 e. The number of halogens is 1. The van der Waals surface area contributed by atoms with Crippen molar-refractivity contribution in [1.82, 2.24) is 4.90 Å². The van der Waals surface area contributed by atoms with Crippen LogP contribution >= 0.6 is 0 Å². The number of para-hydroxylation sites is 1. The molecule has 4 heteroatoms. The van der Waals surface area contributed by atoms with Crippen molar-refractivity contribution in [2.75, 3.05) is 18.5 Å². The van der Waals surface area contributed by atoms with Crippen molar-refractivity contribution < 1.29 is 9.18 Å². The summed E-state index contributed by atoms with van der Waals surface area (Å²) in [5.74, 6) is -0.282. The van der Waals surface area contributed by atoms with Crippen LogP contribution in [0.4, 0.5) is 10.1 Å². The maximum atomic E-state index is 13.6. The predicted molar refractivity (Wildman–Crippen MR) is 58.7 cm³/mol. The van der Waals surface area contributed by atoms with Crippen molar-refractivity contribution in [1.29, 1.82) is 0 Å². The Kier molecular flexibility index (Phi) is 2.01. The lowest BCUT2D eigenvalue weighted by Crippen LogP contribution is -2.49.